The van der Waals surface area contributed by atoms with Crippen molar-refractivity contribution in [1.29, 1.82) is 0 Å². The predicted octanol–water partition coefficient (Wildman–Crippen LogP) is 4.79. The molecule has 1 aliphatic carbocycles. The number of anilines is 2. The summed E-state index contributed by atoms with van der Waals surface area (Å²) >= 11 is 1.60. The number of pyridine rings is 1. The molecular formula is C26H32N8OS. The largest absolute Gasteiger partial charge is 0.479 e. The minimum Gasteiger partial charge on any atom is -0.479 e. The normalized spacial score (nSPS) is 16.8. The Labute approximate surface area is 215 Å². The fourth-order valence-corrected chi connectivity index (χ4v) is 5.94. The molecule has 1 fully saturated rings. The lowest BCUT2D eigenvalue weighted by Gasteiger charge is -2.30. The summed E-state index contributed by atoms with van der Waals surface area (Å²) in [7, 11) is 3.84. The number of methoxy groups -OCH3 is 1. The van der Waals surface area contributed by atoms with Crippen molar-refractivity contribution in [2.24, 2.45) is 0 Å². The molecule has 36 heavy (non-hydrogen) atoms. The highest BCUT2D eigenvalue weighted by atomic mass is 32.1. The minimum absolute atomic E-state index is 0.430. The summed E-state index contributed by atoms with van der Waals surface area (Å²) < 4.78 is 9.80. The van der Waals surface area contributed by atoms with Gasteiger partial charge >= 0.3 is 0 Å². The third-order valence-corrected chi connectivity index (χ3v) is 7.99. The third-order valence-electron chi connectivity index (χ3n) is 7.23. The molecule has 188 valence electrons. The molecule has 0 radical (unpaired) electrons. The number of hydrogen-bond acceptors (Lipinski definition) is 8. The topological polar surface area (TPSA) is 85.9 Å². The van der Waals surface area contributed by atoms with Crippen molar-refractivity contribution < 1.29 is 4.74 Å². The van der Waals surface area contributed by atoms with Crippen LogP contribution in [-0.4, -0.2) is 61.4 Å². The average Bonchev–Trinajstić information content (AvgIpc) is 3.64. The van der Waals surface area contributed by atoms with Crippen LogP contribution in [0.4, 0.5) is 10.9 Å². The third kappa shape index (κ3) is 4.39. The van der Waals surface area contributed by atoms with E-state index in [4.69, 9.17) is 19.8 Å². The van der Waals surface area contributed by atoms with Crippen molar-refractivity contribution in [2.75, 3.05) is 32.6 Å². The van der Waals surface area contributed by atoms with Gasteiger partial charge in [0.25, 0.3) is 0 Å². The van der Waals surface area contributed by atoms with Gasteiger partial charge in [0.15, 0.2) is 5.13 Å². The van der Waals surface area contributed by atoms with Gasteiger partial charge in [0, 0.05) is 17.1 Å². The highest BCUT2D eigenvalue weighted by Gasteiger charge is 2.27. The molecule has 6 rings (SSSR count). The molecule has 0 unspecified atom stereocenters. The molecule has 1 saturated heterocycles. The zero-order valence-corrected chi connectivity index (χ0v) is 21.9. The maximum Gasteiger partial charge on any atom is 0.238 e. The fourth-order valence-electron chi connectivity index (χ4n) is 5.24. The second kappa shape index (κ2) is 9.67. The minimum atomic E-state index is 0.430. The Morgan fingerprint density at radius 3 is 2.69 bits per heavy atom. The number of nitrogens with one attached hydrogen (secondary N) is 1. The van der Waals surface area contributed by atoms with Crippen LogP contribution in [0.5, 0.6) is 5.88 Å². The summed E-state index contributed by atoms with van der Waals surface area (Å²) in [6.45, 7) is 4.18. The van der Waals surface area contributed by atoms with E-state index in [0.717, 1.165) is 72.5 Å². The van der Waals surface area contributed by atoms with E-state index in [1.807, 2.05) is 35.2 Å². The Morgan fingerprint density at radius 2 is 1.92 bits per heavy atom. The Hall–Kier alpha value is -3.24. The first-order valence-electron chi connectivity index (χ1n) is 12.7. The first-order chi connectivity index (χ1) is 17.6. The fraction of sp³-hybridized carbons (Fsp3) is 0.462. The molecule has 0 amide bonds. The van der Waals surface area contributed by atoms with Crippen molar-refractivity contribution in [3.63, 3.8) is 0 Å². The van der Waals surface area contributed by atoms with Gasteiger partial charge in [0.05, 0.1) is 36.6 Å². The highest BCUT2D eigenvalue weighted by Crippen LogP contribution is 2.36. The lowest BCUT2D eigenvalue weighted by Crippen LogP contribution is -2.32. The number of piperidine rings is 1. The number of nitrogens with zero attached hydrogens (tertiary/aromatic N) is 7. The second-order valence-electron chi connectivity index (χ2n) is 9.77. The number of aromatic nitrogens is 6. The molecular weight excluding hydrogens is 472 g/mol. The van der Waals surface area contributed by atoms with E-state index >= 15 is 0 Å². The van der Waals surface area contributed by atoms with E-state index in [1.54, 1.807) is 24.8 Å². The number of hydrogen-bond donors (Lipinski definition) is 1. The van der Waals surface area contributed by atoms with Crippen molar-refractivity contribution >= 4 is 22.3 Å². The van der Waals surface area contributed by atoms with Crippen LogP contribution in [0, 0.1) is 6.92 Å². The average molecular weight is 505 g/mol. The molecule has 0 spiro atoms. The van der Waals surface area contributed by atoms with E-state index in [1.165, 1.54) is 24.1 Å². The molecule has 1 aliphatic heterocycles. The van der Waals surface area contributed by atoms with Crippen LogP contribution in [0.3, 0.4) is 0 Å². The molecule has 10 heteroatoms. The lowest BCUT2D eigenvalue weighted by molar-refractivity contribution is 0.213. The standard InChI is InChI=1S/C26H32N8OS/c1-17-14-33(16-27-17)23-9-8-21(28-25(23)35-3)22-15-36-26(29-22)30-24-19-6-4-5-7-20(19)31-34(24)18-10-12-32(2)13-11-18/h8-9,14-16,18H,4-7,10-13H2,1-3H3,(H,29,30). The Balaban J connectivity index is 1.28. The molecule has 2 aliphatic rings. The van der Waals surface area contributed by atoms with Crippen LogP contribution >= 0.6 is 11.3 Å². The van der Waals surface area contributed by atoms with Gasteiger partial charge in [-0.25, -0.2) is 19.6 Å². The van der Waals surface area contributed by atoms with Gasteiger partial charge in [0.2, 0.25) is 5.88 Å². The monoisotopic (exact) mass is 504 g/mol. The van der Waals surface area contributed by atoms with Gasteiger partial charge in [-0.15, -0.1) is 11.3 Å². The van der Waals surface area contributed by atoms with Crippen LogP contribution in [0.1, 0.15) is 48.7 Å². The molecule has 0 bridgehead atoms. The predicted molar refractivity (Wildman–Crippen MR) is 142 cm³/mol. The van der Waals surface area contributed by atoms with E-state index in [0.29, 0.717) is 11.9 Å². The molecule has 4 aromatic rings. The molecule has 1 N–H and O–H groups in total. The van der Waals surface area contributed by atoms with E-state index in [9.17, 15) is 0 Å². The number of imidazole rings is 1. The van der Waals surface area contributed by atoms with E-state index < -0.39 is 0 Å². The van der Waals surface area contributed by atoms with Crippen molar-refractivity contribution in [3.8, 4) is 23.0 Å². The number of fused-ring (bicyclic) bond motifs is 1. The highest BCUT2D eigenvalue weighted by molar-refractivity contribution is 7.14. The summed E-state index contributed by atoms with van der Waals surface area (Å²) in [6.07, 6.45) is 10.6. The van der Waals surface area contributed by atoms with E-state index in [-0.39, 0.29) is 0 Å². The van der Waals surface area contributed by atoms with Gasteiger partial charge in [-0.1, -0.05) is 0 Å². The van der Waals surface area contributed by atoms with Gasteiger partial charge in [-0.3, -0.25) is 0 Å². The van der Waals surface area contributed by atoms with Crippen molar-refractivity contribution in [1.82, 2.24) is 34.2 Å². The molecule has 0 aromatic carbocycles. The van der Waals surface area contributed by atoms with Crippen LogP contribution < -0.4 is 10.1 Å². The summed E-state index contributed by atoms with van der Waals surface area (Å²) in [4.78, 5) is 16.4. The molecule has 5 heterocycles. The van der Waals surface area contributed by atoms with Gasteiger partial charge in [0.1, 0.15) is 17.2 Å². The Morgan fingerprint density at radius 1 is 1.08 bits per heavy atom. The van der Waals surface area contributed by atoms with Crippen LogP contribution in [0.15, 0.2) is 30.0 Å². The summed E-state index contributed by atoms with van der Waals surface area (Å²) in [5.41, 5.74) is 6.03. The van der Waals surface area contributed by atoms with E-state index in [2.05, 4.69) is 26.9 Å². The van der Waals surface area contributed by atoms with Crippen molar-refractivity contribution in [3.05, 3.63) is 47.0 Å². The summed E-state index contributed by atoms with van der Waals surface area (Å²) in [6, 6.07) is 4.41. The van der Waals surface area contributed by atoms with Gasteiger partial charge in [-0.2, -0.15) is 5.10 Å². The zero-order valence-electron chi connectivity index (χ0n) is 21.1. The first-order valence-corrected chi connectivity index (χ1v) is 13.5. The smallest absolute Gasteiger partial charge is 0.238 e. The lowest BCUT2D eigenvalue weighted by atomic mass is 9.97. The Kier molecular flexibility index (Phi) is 6.22. The quantitative estimate of drug-likeness (QED) is 0.404. The summed E-state index contributed by atoms with van der Waals surface area (Å²) in [5, 5.41) is 11.7. The SMILES string of the molecule is COc1nc(-c2csc(Nc3c4c(nn3C3CCN(C)CC3)CCCC4)n2)ccc1-n1cnc(C)c1. The number of aryl methyl sites for hydroxylation is 2. The molecule has 0 saturated carbocycles. The van der Waals surface area contributed by atoms with Crippen LogP contribution in [0.25, 0.3) is 17.1 Å². The second-order valence-corrected chi connectivity index (χ2v) is 10.6. The Bertz CT molecular complexity index is 1360. The molecule has 4 aromatic heterocycles. The number of thiazole rings is 1. The van der Waals surface area contributed by atoms with Crippen LogP contribution in [-0.2, 0) is 12.8 Å². The molecule has 9 nitrogen and oxygen atoms in total. The zero-order chi connectivity index (χ0) is 24.6. The number of rotatable bonds is 6. The maximum absolute atomic E-state index is 5.60. The first kappa shape index (κ1) is 23.2. The van der Waals surface area contributed by atoms with Gasteiger partial charge < -0.3 is 19.5 Å². The maximum atomic E-state index is 5.60. The molecule has 0 atom stereocenters. The van der Waals surface area contributed by atoms with Crippen molar-refractivity contribution in [2.45, 2.75) is 51.5 Å². The van der Waals surface area contributed by atoms with Crippen LogP contribution in [0.2, 0.25) is 0 Å². The number of likely N-dealkylation sites (tertiary alicyclic amines) is 1. The van der Waals surface area contributed by atoms with Gasteiger partial charge in [-0.05, 0) is 77.7 Å². The number of ether oxygens (including phenoxy) is 1. The summed E-state index contributed by atoms with van der Waals surface area (Å²) in [5.74, 6) is 1.68.